The smallest absolute Gasteiger partial charge is 0.268 e. The van der Waals surface area contributed by atoms with Crippen molar-refractivity contribution in [2.24, 2.45) is 0 Å². The molecule has 0 saturated heterocycles. The van der Waals surface area contributed by atoms with Crippen LogP contribution in [0.3, 0.4) is 0 Å². The minimum atomic E-state index is -0.580. The Hall–Kier alpha value is -5.35. The van der Waals surface area contributed by atoms with Gasteiger partial charge in [-0.2, -0.15) is 4.39 Å². The van der Waals surface area contributed by atoms with E-state index in [1.54, 1.807) is 37.4 Å². The van der Waals surface area contributed by atoms with E-state index in [-0.39, 0.29) is 18.2 Å². The molecule has 0 saturated carbocycles. The van der Waals surface area contributed by atoms with Crippen LogP contribution in [0, 0.1) is 5.95 Å². The van der Waals surface area contributed by atoms with Gasteiger partial charge in [0, 0.05) is 34.9 Å². The van der Waals surface area contributed by atoms with Crippen LogP contribution in [0.5, 0.6) is 5.75 Å². The number of amides is 1. The molecule has 3 heterocycles. The molecule has 0 spiro atoms. The molecule has 0 fully saturated rings. The Kier molecular flexibility index (Phi) is 8.42. The predicted molar refractivity (Wildman–Crippen MR) is 171 cm³/mol. The highest BCUT2D eigenvalue weighted by Crippen LogP contribution is 2.30. The van der Waals surface area contributed by atoms with E-state index in [9.17, 15) is 14.0 Å². The molecule has 0 radical (unpaired) electrons. The van der Waals surface area contributed by atoms with Crippen molar-refractivity contribution in [1.29, 1.82) is 0 Å². The summed E-state index contributed by atoms with van der Waals surface area (Å²) in [7, 11) is 1.64. The first-order chi connectivity index (χ1) is 21.5. The normalized spacial score (nSPS) is 11.0. The number of aryl methyl sites for hydroxylation is 2. The molecule has 6 rings (SSSR count). The van der Waals surface area contributed by atoms with Crippen LogP contribution in [0.1, 0.15) is 25.6 Å². The predicted octanol–water partition coefficient (Wildman–Crippen LogP) is 7.10. The molecule has 3 aromatic heterocycles. The van der Waals surface area contributed by atoms with Gasteiger partial charge in [-0.3, -0.25) is 14.9 Å². The number of Topliss-reactive ketones (excluding diaryl/α,β-unsaturated/α-hetero) is 1. The van der Waals surface area contributed by atoms with E-state index in [4.69, 9.17) is 9.72 Å². The third-order valence-electron chi connectivity index (χ3n) is 7.16. The molecule has 1 amide bonds. The fourth-order valence-corrected chi connectivity index (χ4v) is 5.84. The molecule has 0 aliphatic rings. The number of fused-ring (bicyclic) bond motifs is 1. The number of ketones is 1. The van der Waals surface area contributed by atoms with Crippen LogP contribution >= 0.6 is 11.3 Å². The van der Waals surface area contributed by atoms with Crippen LogP contribution in [0.15, 0.2) is 103 Å². The van der Waals surface area contributed by atoms with Crippen LogP contribution in [0.25, 0.3) is 21.5 Å². The number of hydrogen-bond donors (Lipinski definition) is 2. The van der Waals surface area contributed by atoms with Gasteiger partial charge in [-0.15, -0.1) is 11.3 Å². The van der Waals surface area contributed by atoms with Gasteiger partial charge in [0.25, 0.3) is 5.91 Å². The lowest BCUT2D eigenvalue weighted by atomic mass is 10.1. The highest BCUT2D eigenvalue weighted by Gasteiger charge is 2.18. The zero-order valence-electron chi connectivity index (χ0n) is 23.8. The molecule has 0 atom stereocenters. The number of halogens is 1. The summed E-state index contributed by atoms with van der Waals surface area (Å²) in [5, 5.41) is 6.17. The first-order valence-corrected chi connectivity index (χ1v) is 14.8. The Morgan fingerprint density at radius 3 is 2.59 bits per heavy atom. The van der Waals surface area contributed by atoms with E-state index in [1.165, 1.54) is 23.6 Å². The first kappa shape index (κ1) is 28.8. The summed E-state index contributed by atoms with van der Waals surface area (Å²) in [5.41, 5.74) is 4.54. The van der Waals surface area contributed by atoms with Crippen LogP contribution in [-0.2, 0) is 13.0 Å². The molecule has 0 bridgehead atoms. The Labute approximate surface area is 257 Å². The number of pyridine rings is 1. The second kappa shape index (κ2) is 12.9. The minimum absolute atomic E-state index is 0.0224. The number of hydrogen-bond acceptors (Lipinski definition) is 7. The maximum atomic E-state index is 13.7. The molecule has 2 N–H and O–H groups in total. The fourth-order valence-electron chi connectivity index (χ4n) is 4.95. The molecule has 220 valence electrons. The quantitative estimate of drug-likeness (QED) is 0.121. The van der Waals surface area contributed by atoms with Gasteiger partial charge >= 0.3 is 0 Å². The molecule has 6 aromatic rings. The Bertz CT molecular complexity index is 1950. The van der Waals surface area contributed by atoms with E-state index in [0.717, 1.165) is 27.4 Å². The van der Waals surface area contributed by atoms with E-state index < -0.39 is 5.95 Å². The summed E-state index contributed by atoms with van der Waals surface area (Å²) < 4.78 is 21.2. The van der Waals surface area contributed by atoms with Gasteiger partial charge in [-0.05, 0) is 60.0 Å². The summed E-state index contributed by atoms with van der Waals surface area (Å²) in [6.07, 6.45) is 2.04. The maximum Gasteiger partial charge on any atom is 0.268 e. The van der Waals surface area contributed by atoms with Crippen molar-refractivity contribution in [2.45, 2.75) is 13.0 Å². The number of anilines is 2. The van der Waals surface area contributed by atoms with Gasteiger partial charge in [-0.25, -0.2) is 9.97 Å². The molecule has 3 aromatic carbocycles. The molecular formula is C34H28FN5O3S. The highest BCUT2D eigenvalue weighted by atomic mass is 32.1. The van der Waals surface area contributed by atoms with Gasteiger partial charge in [0.15, 0.2) is 5.78 Å². The topological polar surface area (TPSA) is 98.1 Å². The van der Waals surface area contributed by atoms with E-state index in [1.807, 2.05) is 65.2 Å². The molecule has 44 heavy (non-hydrogen) atoms. The lowest BCUT2D eigenvalue weighted by Crippen LogP contribution is -2.15. The molecule has 8 nitrogen and oxygen atoms in total. The number of nitrogens with one attached hydrogen (secondary N) is 2. The van der Waals surface area contributed by atoms with Crippen molar-refractivity contribution in [3.63, 3.8) is 0 Å². The second-order valence-electron chi connectivity index (χ2n) is 9.98. The fraction of sp³-hybridized carbons (Fsp3) is 0.118. The number of thiophene rings is 1. The number of ether oxygens (including phenoxy) is 1. The van der Waals surface area contributed by atoms with Crippen molar-refractivity contribution in [3.8, 4) is 16.2 Å². The number of methoxy groups -OCH3 is 1. The molecule has 0 aliphatic carbocycles. The van der Waals surface area contributed by atoms with Crippen LogP contribution < -0.4 is 15.4 Å². The lowest BCUT2D eigenvalue weighted by molar-refractivity contribution is 0.100. The Morgan fingerprint density at radius 2 is 1.77 bits per heavy atom. The summed E-state index contributed by atoms with van der Waals surface area (Å²) in [4.78, 5) is 35.6. The summed E-state index contributed by atoms with van der Waals surface area (Å²) >= 11 is 1.26. The number of aromatic nitrogens is 3. The second-order valence-corrected chi connectivity index (χ2v) is 11.1. The number of carbonyl (C=O) groups excluding carboxylic acids is 2. The van der Waals surface area contributed by atoms with E-state index >= 15 is 0 Å². The average molecular weight is 606 g/mol. The van der Waals surface area contributed by atoms with Crippen molar-refractivity contribution in [1.82, 2.24) is 14.5 Å². The van der Waals surface area contributed by atoms with E-state index in [2.05, 4.69) is 15.6 Å². The van der Waals surface area contributed by atoms with Gasteiger partial charge in [-0.1, -0.05) is 48.5 Å². The van der Waals surface area contributed by atoms with Crippen molar-refractivity contribution >= 4 is 45.7 Å². The van der Waals surface area contributed by atoms with Crippen molar-refractivity contribution < 1.29 is 18.7 Å². The number of imidazole rings is 1. The summed E-state index contributed by atoms with van der Waals surface area (Å²) in [6.45, 7) is 0.660. The monoisotopic (exact) mass is 605 g/mol. The number of para-hydroxylation sites is 1. The minimum Gasteiger partial charge on any atom is -0.496 e. The van der Waals surface area contributed by atoms with Gasteiger partial charge < -0.3 is 14.6 Å². The lowest BCUT2D eigenvalue weighted by Gasteiger charge is -2.12. The summed E-state index contributed by atoms with van der Waals surface area (Å²) in [6, 6.07) is 29.2. The molecule has 0 aliphatic heterocycles. The first-order valence-electron chi connectivity index (χ1n) is 14.0. The maximum absolute atomic E-state index is 13.7. The summed E-state index contributed by atoms with van der Waals surface area (Å²) in [5.74, 6) is 0.254. The number of benzene rings is 3. The largest absolute Gasteiger partial charge is 0.496 e. The standard InChI is InChI=1S/C34H28FN5O3S/c1-43-29-10-6-5-9-23(29)16-18-40-27-12-11-25(37-21-28(41)22-7-3-2-4-8-22)20-26(27)38-34(40)39-33(42)31-14-13-30(44-31)24-15-17-36-32(35)19-24/h2-15,17,19-20,37H,16,18,21H2,1H3,(H,38,39,42). The molecular weight excluding hydrogens is 577 g/mol. The number of carbonyl (C=O) groups is 2. The number of rotatable bonds is 11. The van der Waals surface area contributed by atoms with Crippen molar-refractivity contribution in [3.05, 3.63) is 125 Å². The van der Waals surface area contributed by atoms with Gasteiger partial charge in [0.1, 0.15) is 5.75 Å². The zero-order chi connectivity index (χ0) is 30.5. The third kappa shape index (κ3) is 6.35. The van der Waals surface area contributed by atoms with Gasteiger partial charge in [0.05, 0.1) is 29.6 Å². The third-order valence-corrected chi connectivity index (χ3v) is 8.29. The van der Waals surface area contributed by atoms with Crippen LogP contribution in [0.4, 0.5) is 16.0 Å². The zero-order valence-corrected chi connectivity index (χ0v) is 24.6. The number of nitrogens with zero attached hydrogens (tertiary/aromatic N) is 3. The SMILES string of the molecule is COc1ccccc1CCn1c(NC(=O)c2ccc(-c3ccnc(F)c3)s2)nc2cc(NCC(=O)c3ccccc3)ccc21. The van der Waals surface area contributed by atoms with Crippen LogP contribution in [0.2, 0.25) is 0 Å². The highest BCUT2D eigenvalue weighted by molar-refractivity contribution is 7.17. The average Bonchev–Trinajstić information content (AvgIpc) is 3.68. The van der Waals surface area contributed by atoms with Crippen molar-refractivity contribution in [2.75, 3.05) is 24.3 Å². The Morgan fingerprint density at radius 1 is 0.955 bits per heavy atom. The van der Waals surface area contributed by atoms with Gasteiger partial charge in [0.2, 0.25) is 11.9 Å². The van der Waals surface area contributed by atoms with E-state index in [0.29, 0.717) is 40.4 Å². The molecule has 0 unspecified atom stereocenters. The molecule has 10 heteroatoms. The van der Waals surface area contributed by atoms with Crippen LogP contribution in [-0.4, -0.2) is 39.9 Å². The Balaban J connectivity index is 1.27.